The van der Waals surface area contributed by atoms with Crippen LogP contribution in [0.15, 0.2) is 63.6 Å². The van der Waals surface area contributed by atoms with Crippen LogP contribution in [0.2, 0.25) is 5.02 Å². The highest BCUT2D eigenvalue weighted by molar-refractivity contribution is 7.99. The van der Waals surface area contributed by atoms with Crippen molar-refractivity contribution in [2.75, 3.05) is 5.75 Å². The fraction of sp³-hybridized carbons (Fsp3) is 0.238. The van der Waals surface area contributed by atoms with Gasteiger partial charge in [0.25, 0.3) is 5.91 Å². The van der Waals surface area contributed by atoms with Crippen molar-refractivity contribution in [1.82, 2.24) is 5.32 Å². The zero-order chi connectivity index (χ0) is 21.1. The minimum atomic E-state index is -1.13. The molecule has 2 unspecified atom stereocenters. The van der Waals surface area contributed by atoms with Crippen molar-refractivity contribution in [1.29, 1.82) is 0 Å². The van der Waals surface area contributed by atoms with E-state index in [1.807, 2.05) is 36.4 Å². The molecule has 2 aliphatic rings. The maximum Gasteiger partial charge on any atom is 0.316 e. The molecule has 0 saturated carbocycles. The molecule has 2 heterocycles. The number of carbonyl (C=O) groups excluding carboxylic acids is 1. The molecule has 2 aromatic rings. The van der Waals surface area contributed by atoms with Gasteiger partial charge in [-0.15, -0.1) is 16.9 Å². The normalized spacial score (nSPS) is 23.2. The van der Waals surface area contributed by atoms with Gasteiger partial charge in [-0.1, -0.05) is 47.0 Å². The lowest BCUT2D eigenvalue weighted by Gasteiger charge is -2.26. The van der Waals surface area contributed by atoms with E-state index < -0.39 is 24.4 Å². The Kier molecular flexibility index (Phi) is 6.06. The third-order valence-electron chi connectivity index (χ3n) is 4.75. The van der Waals surface area contributed by atoms with Gasteiger partial charge in [0.2, 0.25) is 0 Å². The Morgan fingerprint density at radius 1 is 1.23 bits per heavy atom. The van der Waals surface area contributed by atoms with Crippen LogP contribution in [-0.2, 0) is 20.7 Å². The standard InChI is InChI=1S/C21H18ClN3O4S/c22-14-6-7-17-15(9-14)19(13(11-30-17)8-12-4-2-1-3-5-12)24-25-21-23-20(28)16(29-21)10-18(26)27/h1-7,9,13,16H,8,10-11H2,(H,26,27)(H,23,25,28)/b24-19-. The summed E-state index contributed by atoms with van der Waals surface area (Å²) in [6.45, 7) is 0. The molecule has 154 valence electrons. The Hall–Kier alpha value is -2.84. The van der Waals surface area contributed by atoms with Crippen molar-refractivity contribution < 1.29 is 19.4 Å². The van der Waals surface area contributed by atoms with E-state index in [-0.39, 0.29) is 11.9 Å². The summed E-state index contributed by atoms with van der Waals surface area (Å²) in [4.78, 5) is 23.8. The lowest BCUT2D eigenvalue weighted by atomic mass is 9.91. The van der Waals surface area contributed by atoms with E-state index in [1.165, 1.54) is 5.56 Å². The van der Waals surface area contributed by atoms with E-state index in [0.717, 1.165) is 28.3 Å². The molecule has 30 heavy (non-hydrogen) atoms. The Bertz CT molecular complexity index is 1040. The molecule has 0 aliphatic carbocycles. The molecule has 0 spiro atoms. The first-order chi connectivity index (χ1) is 14.5. The number of nitrogens with one attached hydrogen (secondary N) is 1. The third kappa shape index (κ3) is 4.66. The molecule has 2 N–H and O–H groups in total. The van der Waals surface area contributed by atoms with Crippen LogP contribution < -0.4 is 5.32 Å². The molecule has 0 bridgehead atoms. The van der Waals surface area contributed by atoms with Crippen LogP contribution in [0.1, 0.15) is 17.5 Å². The van der Waals surface area contributed by atoms with Crippen LogP contribution in [0.25, 0.3) is 0 Å². The van der Waals surface area contributed by atoms with Crippen LogP contribution in [0, 0.1) is 5.92 Å². The number of rotatable bonds is 5. The highest BCUT2D eigenvalue weighted by atomic mass is 35.5. The quantitative estimate of drug-likeness (QED) is 0.690. The van der Waals surface area contributed by atoms with Gasteiger partial charge in [-0.3, -0.25) is 14.9 Å². The SMILES string of the molecule is O=C(O)CC1O/C(=N\N=C2/c3cc(Cl)ccc3SCC2Cc2ccccc2)NC1=O. The van der Waals surface area contributed by atoms with Crippen LogP contribution >= 0.6 is 23.4 Å². The predicted molar refractivity (Wildman–Crippen MR) is 115 cm³/mol. The number of thioether (sulfide) groups is 1. The number of carboxylic acid groups (broad SMARTS) is 1. The number of carbonyl (C=O) groups is 2. The molecule has 0 radical (unpaired) electrons. The van der Waals surface area contributed by atoms with E-state index >= 15 is 0 Å². The second-order valence-electron chi connectivity index (χ2n) is 6.92. The van der Waals surface area contributed by atoms with Gasteiger partial charge in [0.1, 0.15) is 0 Å². The van der Waals surface area contributed by atoms with E-state index in [2.05, 4.69) is 27.7 Å². The van der Waals surface area contributed by atoms with Gasteiger partial charge in [-0.2, -0.15) is 0 Å². The van der Waals surface area contributed by atoms with E-state index in [0.29, 0.717) is 5.02 Å². The number of nitrogens with zero attached hydrogens (tertiary/aromatic N) is 2. The molecule has 1 fully saturated rings. The van der Waals surface area contributed by atoms with Gasteiger partial charge in [0.05, 0.1) is 12.1 Å². The zero-order valence-electron chi connectivity index (χ0n) is 15.7. The second-order valence-corrected chi connectivity index (χ2v) is 8.42. The van der Waals surface area contributed by atoms with Crippen LogP contribution in [-0.4, -0.2) is 40.6 Å². The number of amidine groups is 1. The molecule has 7 nitrogen and oxygen atoms in total. The first-order valence-electron chi connectivity index (χ1n) is 9.31. The minimum absolute atomic E-state index is 0.0830. The number of halogens is 1. The first-order valence-corrected chi connectivity index (χ1v) is 10.7. The molecule has 1 amide bonds. The zero-order valence-corrected chi connectivity index (χ0v) is 17.3. The number of benzene rings is 2. The summed E-state index contributed by atoms with van der Waals surface area (Å²) < 4.78 is 5.31. The fourth-order valence-electron chi connectivity index (χ4n) is 3.35. The summed E-state index contributed by atoms with van der Waals surface area (Å²) in [6, 6.07) is 15.7. The molecule has 2 aromatic carbocycles. The Morgan fingerprint density at radius 2 is 2.03 bits per heavy atom. The van der Waals surface area contributed by atoms with Gasteiger partial charge in [0.15, 0.2) is 6.10 Å². The topological polar surface area (TPSA) is 100 Å². The number of fused-ring (bicyclic) bond motifs is 1. The maximum atomic E-state index is 11.9. The average Bonchev–Trinajstić information content (AvgIpc) is 3.06. The smallest absolute Gasteiger partial charge is 0.316 e. The highest BCUT2D eigenvalue weighted by Gasteiger charge is 2.33. The van der Waals surface area contributed by atoms with Crippen LogP contribution in [0.3, 0.4) is 0 Å². The van der Waals surface area contributed by atoms with Crippen LogP contribution in [0.4, 0.5) is 0 Å². The van der Waals surface area contributed by atoms with Gasteiger partial charge in [-0.05, 0) is 30.2 Å². The molecular formula is C21H18ClN3O4S. The van der Waals surface area contributed by atoms with Crippen molar-refractivity contribution in [3.63, 3.8) is 0 Å². The van der Waals surface area contributed by atoms with Gasteiger partial charge >= 0.3 is 12.0 Å². The molecule has 1 saturated heterocycles. The lowest BCUT2D eigenvalue weighted by molar-refractivity contribution is -0.141. The van der Waals surface area contributed by atoms with Gasteiger partial charge in [0, 0.05) is 27.2 Å². The minimum Gasteiger partial charge on any atom is -0.481 e. The Balaban J connectivity index is 1.65. The van der Waals surface area contributed by atoms with E-state index in [9.17, 15) is 9.59 Å². The molecule has 9 heteroatoms. The van der Waals surface area contributed by atoms with Crippen LogP contribution in [0.5, 0.6) is 0 Å². The number of amides is 1. The monoisotopic (exact) mass is 443 g/mol. The first kappa shape index (κ1) is 20.4. The summed E-state index contributed by atoms with van der Waals surface area (Å²) in [6.07, 6.45) is -0.768. The van der Waals surface area contributed by atoms with Crippen molar-refractivity contribution in [3.8, 4) is 0 Å². The van der Waals surface area contributed by atoms with Gasteiger partial charge in [-0.25, -0.2) is 0 Å². The van der Waals surface area contributed by atoms with Crippen molar-refractivity contribution in [3.05, 3.63) is 64.7 Å². The molecule has 2 aliphatic heterocycles. The number of carboxylic acids is 1. The third-order valence-corrected chi connectivity index (χ3v) is 6.23. The number of aliphatic carboxylic acids is 1. The van der Waals surface area contributed by atoms with Crippen molar-refractivity contribution in [2.45, 2.75) is 23.8 Å². The summed E-state index contributed by atoms with van der Waals surface area (Å²) in [5, 5.41) is 20.4. The summed E-state index contributed by atoms with van der Waals surface area (Å²) in [5.74, 6) is -0.764. The summed E-state index contributed by atoms with van der Waals surface area (Å²) >= 11 is 7.97. The number of hydrogen-bond acceptors (Lipinski definition) is 6. The van der Waals surface area contributed by atoms with Gasteiger partial charge < -0.3 is 9.84 Å². The highest BCUT2D eigenvalue weighted by Crippen LogP contribution is 2.36. The molecule has 4 rings (SSSR count). The Labute approximate surface area is 182 Å². The summed E-state index contributed by atoms with van der Waals surface area (Å²) in [7, 11) is 0. The fourth-order valence-corrected chi connectivity index (χ4v) is 4.66. The predicted octanol–water partition coefficient (Wildman–Crippen LogP) is 3.35. The Morgan fingerprint density at radius 3 is 2.80 bits per heavy atom. The van der Waals surface area contributed by atoms with E-state index in [1.54, 1.807) is 11.8 Å². The largest absolute Gasteiger partial charge is 0.481 e. The maximum absolute atomic E-state index is 11.9. The number of hydrogen-bond donors (Lipinski definition) is 2. The average molecular weight is 444 g/mol. The van der Waals surface area contributed by atoms with Crippen molar-refractivity contribution >= 4 is 47.0 Å². The van der Waals surface area contributed by atoms with Crippen molar-refractivity contribution in [2.24, 2.45) is 16.1 Å². The number of ether oxygens (including phenoxy) is 1. The summed E-state index contributed by atoms with van der Waals surface area (Å²) in [5.41, 5.74) is 2.83. The lowest BCUT2D eigenvalue weighted by Crippen LogP contribution is -2.27. The molecule has 2 atom stereocenters. The molecular weight excluding hydrogens is 426 g/mol. The second kappa shape index (κ2) is 8.89. The van der Waals surface area contributed by atoms with E-state index in [4.69, 9.17) is 21.4 Å². The molecule has 0 aromatic heterocycles.